The summed E-state index contributed by atoms with van der Waals surface area (Å²) in [6.07, 6.45) is 1.96. The van der Waals surface area contributed by atoms with E-state index in [2.05, 4.69) is 27.0 Å². The Bertz CT molecular complexity index is 626. The minimum absolute atomic E-state index is 0. The molecule has 0 aliphatic carbocycles. The van der Waals surface area contributed by atoms with Crippen molar-refractivity contribution in [2.24, 2.45) is 10.9 Å². The van der Waals surface area contributed by atoms with Crippen molar-refractivity contribution >= 4 is 41.9 Å². The van der Waals surface area contributed by atoms with Crippen LogP contribution in [-0.4, -0.2) is 116 Å². The summed E-state index contributed by atoms with van der Waals surface area (Å²) in [5.41, 5.74) is -0.490. The molecule has 0 aromatic heterocycles. The number of aliphatic imine (C=N–C) groups is 1. The number of hydrogen-bond acceptors (Lipinski definition) is 5. The number of likely N-dealkylation sites (tertiary alicyclic amines) is 1. The first-order valence-electron chi connectivity index (χ1n) is 11.5. The summed E-state index contributed by atoms with van der Waals surface area (Å²) in [7, 11) is 3.56. The molecule has 2 heterocycles. The minimum Gasteiger partial charge on any atom is -0.444 e. The number of piperazine rings is 1. The van der Waals surface area contributed by atoms with Crippen LogP contribution in [0.3, 0.4) is 0 Å². The Morgan fingerprint density at radius 1 is 1.06 bits per heavy atom. The van der Waals surface area contributed by atoms with Gasteiger partial charge in [0.25, 0.3) is 0 Å². The fourth-order valence-electron chi connectivity index (χ4n) is 3.92. The largest absolute Gasteiger partial charge is 0.444 e. The molecule has 10 heteroatoms. The standard InChI is InChI=1S/C22H42N6O3.HI/c1-18(16-25(6)21(30)31-22(2,3)4)15-24-20(23-5)28-13-11-26(12-14-28)17-19(29)27-9-7-8-10-27;/h18H,7-17H2,1-6H3,(H,23,24);1H. The lowest BCUT2D eigenvalue weighted by Gasteiger charge is -2.37. The Labute approximate surface area is 210 Å². The van der Waals surface area contributed by atoms with Gasteiger partial charge < -0.3 is 24.8 Å². The highest BCUT2D eigenvalue weighted by molar-refractivity contribution is 14.0. The molecule has 2 saturated heterocycles. The molecule has 0 radical (unpaired) electrons. The van der Waals surface area contributed by atoms with Crippen LogP contribution in [0, 0.1) is 5.92 Å². The number of halogens is 1. The van der Waals surface area contributed by atoms with Crippen LogP contribution in [0.2, 0.25) is 0 Å². The minimum atomic E-state index is -0.490. The Balaban J connectivity index is 0.00000512. The molecule has 1 N–H and O–H groups in total. The maximum atomic E-state index is 12.4. The van der Waals surface area contributed by atoms with Crippen LogP contribution in [0.1, 0.15) is 40.5 Å². The summed E-state index contributed by atoms with van der Waals surface area (Å²) in [5.74, 6) is 1.38. The van der Waals surface area contributed by atoms with E-state index in [0.717, 1.165) is 58.1 Å². The summed E-state index contributed by atoms with van der Waals surface area (Å²) in [6, 6.07) is 0. The smallest absolute Gasteiger partial charge is 0.410 e. The third-order valence-corrected chi connectivity index (χ3v) is 5.60. The van der Waals surface area contributed by atoms with Crippen molar-refractivity contribution in [2.75, 3.05) is 73.0 Å². The third kappa shape index (κ3) is 9.68. The first kappa shape index (κ1) is 28.7. The second kappa shape index (κ2) is 13.4. The average molecular weight is 567 g/mol. The molecule has 2 aliphatic heterocycles. The topological polar surface area (TPSA) is 80.7 Å². The number of nitrogens with one attached hydrogen (secondary N) is 1. The third-order valence-electron chi connectivity index (χ3n) is 5.60. The van der Waals surface area contributed by atoms with Gasteiger partial charge in [-0.2, -0.15) is 0 Å². The van der Waals surface area contributed by atoms with E-state index in [1.54, 1.807) is 19.0 Å². The molecular weight excluding hydrogens is 523 g/mol. The van der Waals surface area contributed by atoms with E-state index in [0.29, 0.717) is 19.6 Å². The fraction of sp³-hybridized carbons (Fsp3) is 0.864. The maximum Gasteiger partial charge on any atom is 0.410 e. The summed E-state index contributed by atoms with van der Waals surface area (Å²) in [4.78, 5) is 37.0. The number of ether oxygens (including phenoxy) is 1. The molecule has 2 amide bonds. The van der Waals surface area contributed by atoms with Crippen LogP contribution in [0.25, 0.3) is 0 Å². The number of rotatable bonds is 6. The van der Waals surface area contributed by atoms with Crippen LogP contribution in [0.15, 0.2) is 4.99 Å². The lowest BCUT2D eigenvalue weighted by molar-refractivity contribution is -0.131. The summed E-state index contributed by atoms with van der Waals surface area (Å²) in [5, 5.41) is 3.44. The highest BCUT2D eigenvalue weighted by Crippen LogP contribution is 2.11. The Kier molecular flexibility index (Phi) is 12.0. The highest BCUT2D eigenvalue weighted by Gasteiger charge is 2.25. The van der Waals surface area contributed by atoms with Gasteiger partial charge in [0.2, 0.25) is 5.91 Å². The lowest BCUT2D eigenvalue weighted by atomic mass is 10.1. The predicted molar refractivity (Wildman–Crippen MR) is 139 cm³/mol. The van der Waals surface area contributed by atoms with Gasteiger partial charge in [0.1, 0.15) is 5.60 Å². The molecular formula is C22H43IN6O3. The monoisotopic (exact) mass is 566 g/mol. The van der Waals surface area contributed by atoms with Crippen molar-refractivity contribution in [3.8, 4) is 0 Å². The Morgan fingerprint density at radius 3 is 2.19 bits per heavy atom. The van der Waals surface area contributed by atoms with E-state index in [-0.39, 0.29) is 41.9 Å². The van der Waals surface area contributed by atoms with Gasteiger partial charge in [-0.15, -0.1) is 24.0 Å². The molecule has 2 rings (SSSR count). The first-order chi connectivity index (χ1) is 14.6. The van der Waals surface area contributed by atoms with E-state index in [9.17, 15) is 9.59 Å². The number of amides is 2. The van der Waals surface area contributed by atoms with Crippen LogP contribution in [0.4, 0.5) is 4.79 Å². The van der Waals surface area contributed by atoms with E-state index in [4.69, 9.17) is 4.74 Å². The summed E-state index contributed by atoms with van der Waals surface area (Å²) >= 11 is 0. The summed E-state index contributed by atoms with van der Waals surface area (Å²) < 4.78 is 5.42. The number of hydrogen-bond donors (Lipinski definition) is 1. The van der Waals surface area contributed by atoms with Crippen molar-refractivity contribution < 1.29 is 14.3 Å². The van der Waals surface area contributed by atoms with Gasteiger partial charge in [-0.3, -0.25) is 14.7 Å². The maximum absolute atomic E-state index is 12.4. The predicted octanol–water partition coefficient (Wildman–Crippen LogP) is 1.92. The van der Waals surface area contributed by atoms with E-state index in [1.165, 1.54) is 0 Å². The van der Waals surface area contributed by atoms with Crippen molar-refractivity contribution in [3.63, 3.8) is 0 Å². The molecule has 0 saturated carbocycles. The molecule has 0 aromatic rings. The molecule has 2 fully saturated rings. The molecule has 0 spiro atoms. The number of guanidine groups is 1. The number of carbonyl (C=O) groups is 2. The zero-order valence-electron chi connectivity index (χ0n) is 20.7. The second-order valence-corrected chi connectivity index (χ2v) is 9.75. The lowest BCUT2D eigenvalue weighted by Crippen LogP contribution is -2.54. The number of carbonyl (C=O) groups excluding carboxylic acids is 2. The van der Waals surface area contributed by atoms with E-state index in [1.807, 2.05) is 25.7 Å². The zero-order chi connectivity index (χ0) is 23.0. The van der Waals surface area contributed by atoms with Gasteiger partial charge in [0.05, 0.1) is 6.54 Å². The van der Waals surface area contributed by atoms with Gasteiger partial charge in [0, 0.05) is 66.5 Å². The van der Waals surface area contributed by atoms with Crippen molar-refractivity contribution in [2.45, 2.75) is 46.1 Å². The number of nitrogens with zero attached hydrogens (tertiary/aromatic N) is 5. The van der Waals surface area contributed by atoms with E-state index >= 15 is 0 Å². The van der Waals surface area contributed by atoms with Crippen LogP contribution >= 0.6 is 24.0 Å². The van der Waals surface area contributed by atoms with Crippen molar-refractivity contribution in [1.82, 2.24) is 24.9 Å². The molecule has 1 atom stereocenters. The SMILES string of the molecule is CN=C(NCC(C)CN(C)C(=O)OC(C)(C)C)N1CCN(CC(=O)N2CCCC2)CC1.I. The van der Waals surface area contributed by atoms with E-state index < -0.39 is 5.60 Å². The fourth-order valence-corrected chi connectivity index (χ4v) is 3.92. The van der Waals surface area contributed by atoms with Gasteiger partial charge >= 0.3 is 6.09 Å². The van der Waals surface area contributed by atoms with Gasteiger partial charge in [-0.1, -0.05) is 6.92 Å². The molecule has 0 aromatic carbocycles. The normalized spacial score (nSPS) is 18.8. The second-order valence-electron chi connectivity index (χ2n) is 9.75. The molecule has 32 heavy (non-hydrogen) atoms. The van der Waals surface area contributed by atoms with Gasteiger partial charge in [-0.05, 0) is 39.5 Å². The molecule has 9 nitrogen and oxygen atoms in total. The molecule has 0 bridgehead atoms. The van der Waals surface area contributed by atoms with Gasteiger partial charge in [-0.25, -0.2) is 4.79 Å². The zero-order valence-corrected chi connectivity index (χ0v) is 23.1. The molecule has 1 unspecified atom stereocenters. The first-order valence-corrected chi connectivity index (χ1v) is 11.5. The van der Waals surface area contributed by atoms with Crippen LogP contribution in [0.5, 0.6) is 0 Å². The average Bonchev–Trinajstić information content (AvgIpc) is 3.23. The Morgan fingerprint density at radius 2 is 1.66 bits per heavy atom. The van der Waals surface area contributed by atoms with Crippen molar-refractivity contribution in [3.05, 3.63) is 0 Å². The van der Waals surface area contributed by atoms with Gasteiger partial charge in [0.15, 0.2) is 5.96 Å². The molecule has 186 valence electrons. The molecule has 2 aliphatic rings. The Hall–Kier alpha value is -1.30. The van der Waals surface area contributed by atoms with Crippen LogP contribution in [-0.2, 0) is 9.53 Å². The quantitative estimate of drug-likeness (QED) is 0.301. The van der Waals surface area contributed by atoms with Crippen LogP contribution < -0.4 is 5.32 Å². The van der Waals surface area contributed by atoms with Crippen molar-refractivity contribution in [1.29, 1.82) is 0 Å². The highest BCUT2D eigenvalue weighted by atomic mass is 127. The summed E-state index contributed by atoms with van der Waals surface area (Å²) in [6.45, 7) is 14.8.